The van der Waals surface area contributed by atoms with Gasteiger partial charge in [-0.3, -0.25) is 4.57 Å². The average molecular weight is 351 g/mol. The first-order chi connectivity index (χ1) is 12.5. The minimum absolute atomic E-state index is 0.305. The molecule has 0 unspecified atom stereocenters. The molecule has 0 radical (unpaired) electrons. The number of halogens is 2. The number of aryl methyl sites for hydroxylation is 2. The Kier molecular flexibility index (Phi) is 3.84. The van der Waals surface area contributed by atoms with Gasteiger partial charge in [-0.1, -0.05) is 0 Å². The Balaban J connectivity index is 1.83. The van der Waals surface area contributed by atoms with Gasteiger partial charge in [0.15, 0.2) is 5.65 Å². The fourth-order valence-electron chi connectivity index (χ4n) is 2.82. The molecule has 0 aliphatic rings. The van der Waals surface area contributed by atoms with Crippen LogP contribution in [0.2, 0.25) is 0 Å². The summed E-state index contributed by atoms with van der Waals surface area (Å²) in [7, 11) is 0. The molecule has 0 saturated carbocycles. The maximum Gasteiger partial charge on any atom is 0.229 e. The normalized spacial score (nSPS) is 11.1. The SMILES string of the molecule is Cc1nc(Nc2ccc(F)cc2)nc2c1nc(C)n2-c1ccc(F)cc1. The average Bonchev–Trinajstić information content (AvgIpc) is 2.95. The van der Waals surface area contributed by atoms with Crippen molar-refractivity contribution in [3.63, 3.8) is 0 Å². The van der Waals surface area contributed by atoms with Gasteiger partial charge < -0.3 is 5.32 Å². The Labute approximate surface area is 148 Å². The second-order valence-corrected chi connectivity index (χ2v) is 5.91. The van der Waals surface area contributed by atoms with E-state index < -0.39 is 0 Å². The van der Waals surface area contributed by atoms with Crippen LogP contribution in [-0.4, -0.2) is 19.5 Å². The molecule has 0 aliphatic carbocycles. The Morgan fingerprint density at radius 2 is 1.42 bits per heavy atom. The van der Waals surface area contributed by atoms with Crippen LogP contribution in [0.15, 0.2) is 48.5 Å². The zero-order valence-electron chi connectivity index (χ0n) is 14.2. The van der Waals surface area contributed by atoms with Crippen molar-refractivity contribution >= 4 is 22.8 Å². The quantitative estimate of drug-likeness (QED) is 0.592. The van der Waals surface area contributed by atoms with Crippen LogP contribution in [0.4, 0.5) is 20.4 Å². The van der Waals surface area contributed by atoms with Crippen molar-refractivity contribution in [3.05, 3.63) is 71.7 Å². The lowest BCUT2D eigenvalue weighted by Crippen LogP contribution is -2.03. The minimum Gasteiger partial charge on any atom is -0.324 e. The van der Waals surface area contributed by atoms with Gasteiger partial charge in [-0.05, 0) is 62.4 Å². The largest absolute Gasteiger partial charge is 0.324 e. The van der Waals surface area contributed by atoms with E-state index in [0.717, 1.165) is 11.5 Å². The summed E-state index contributed by atoms with van der Waals surface area (Å²) in [4.78, 5) is 13.5. The van der Waals surface area contributed by atoms with E-state index in [2.05, 4.69) is 20.3 Å². The predicted octanol–water partition coefficient (Wildman–Crippen LogP) is 4.45. The smallest absolute Gasteiger partial charge is 0.229 e. The highest BCUT2D eigenvalue weighted by atomic mass is 19.1. The number of anilines is 2. The number of fused-ring (bicyclic) bond motifs is 1. The summed E-state index contributed by atoms with van der Waals surface area (Å²) < 4.78 is 28.2. The summed E-state index contributed by atoms with van der Waals surface area (Å²) >= 11 is 0. The Morgan fingerprint density at radius 1 is 0.808 bits per heavy atom. The summed E-state index contributed by atoms with van der Waals surface area (Å²) in [5.74, 6) is 0.487. The summed E-state index contributed by atoms with van der Waals surface area (Å²) in [5, 5.41) is 3.07. The zero-order valence-corrected chi connectivity index (χ0v) is 14.2. The minimum atomic E-state index is -0.312. The van der Waals surface area contributed by atoms with Crippen LogP contribution in [0.5, 0.6) is 0 Å². The molecule has 1 N–H and O–H groups in total. The van der Waals surface area contributed by atoms with Gasteiger partial charge in [-0.2, -0.15) is 4.98 Å². The molecule has 0 saturated heterocycles. The van der Waals surface area contributed by atoms with E-state index in [1.807, 2.05) is 18.4 Å². The molecule has 4 aromatic rings. The van der Waals surface area contributed by atoms with Crippen LogP contribution in [0.25, 0.3) is 16.9 Å². The van der Waals surface area contributed by atoms with Gasteiger partial charge in [0.1, 0.15) is 23.0 Å². The lowest BCUT2D eigenvalue weighted by molar-refractivity contribution is 0.627. The molecule has 2 aromatic heterocycles. The molecular weight excluding hydrogens is 336 g/mol. The van der Waals surface area contributed by atoms with Crippen molar-refractivity contribution < 1.29 is 8.78 Å². The third-order valence-electron chi connectivity index (χ3n) is 4.03. The number of hydrogen-bond donors (Lipinski definition) is 1. The van der Waals surface area contributed by atoms with Gasteiger partial charge >= 0.3 is 0 Å². The topological polar surface area (TPSA) is 55.6 Å². The van der Waals surface area contributed by atoms with Crippen molar-refractivity contribution in [1.82, 2.24) is 19.5 Å². The fourth-order valence-corrected chi connectivity index (χ4v) is 2.82. The summed E-state index contributed by atoms with van der Waals surface area (Å²) in [5.41, 5.74) is 3.44. The highest BCUT2D eigenvalue weighted by Crippen LogP contribution is 2.24. The second kappa shape index (κ2) is 6.18. The molecule has 7 heteroatoms. The van der Waals surface area contributed by atoms with Crippen LogP contribution >= 0.6 is 0 Å². The van der Waals surface area contributed by atoms with E-state index >= 15 is 0 Å². The van der Waals surface area contributed by atoms with Crippen molar-refractivity contribution in [3.8, 4) is 5.69 Å². The molecule has 4 rings (SSSR count). The van der Waals surface area contributed by atoms with E-state index in [-0.39, 0.29) is 11.6 Å². The summed E-state index contributed by atoms with van der Waals surface area (Å²) in [6.45, 7) is 3.71. The molecule has 0 bridgehead atoms. The van der Waals surface area contributed by atoms with Crippen molar-refractivity contribution in [1.29, 1.82) is 0 Å². The zero-order chi connectivity index (χ0) is 18.3. The molecule has 130 valence electrons. The number of hydrogen-bond acceptors (Lipinski definition) is 4. The lowest BCUT2D eigenvalue weighted by Gasteiger charge is -2.09. The van der Waals surface area contributed by atoms with Crippen molar-refractivity contribution in [2.24, 2.45) is 0 Å². The molecule has 5 nitrogen and oxygen atoms in total. The van der Waals surface area contributed by atoms with E-state index in [1.54, 1.807) is 24.3 Å². The second-order valence-electron chi connectivity index (χ2n) is 5.91. The number of imidazole rings is 1. The number of benzene rings is 2. The molecule has 0 spiro atoms. The number of aromatic nitrogens is 4. The maximum atomic E-state index is 13.3. The first-order valence-electron chi connectivity index (χ1n) is 8.03. The van der Waals surface area contributed by atoms with Gasteiger partial charge in [0.05, 0.1) is 5.69 Å². The van der Waals surface area contributed by atoms with Gasteiger partial charge in [0, 0.05) is 11.4 Å². The van der Waals surface area contributed by atoms with Crippen molar-refractivity contribution in [2.45, 2.75) is 13.8 Å². The predicted molar refractivity (Wildman–Crippen MR) is 95.8 cm³/mol. The number of nitrogens with one attached hydrogen (secondary N) is 1. The maximum absolute atomic E-state index is 13.3. The highest BCUT2D eigenvalue weighted by Gasteiger charge is 2.15. The van der Waals surface area contributed by atoms with Crippen LogP contribution in [0, 0.1) is 25.5 Å². The summed E-state index contributed by atoms with van der Waals surface area (Å²) in [6, 6.07) is 12.1. The summed E-state index contributed by atoms with van der Waals surface area (Å²) in [6.07, 6.45) is 0. The Morgan fingerprint density at radius 3 is 2.08 bits per heavy atom. The van der Waals surface area contributed by atoms with Crippen LogP contribution < -0.4 is 5.32 Å². The molecule has 0 aliphatic heterocycles. The Hall–Kier alpha value is -3.35. The Bertz CT molecular complexity index is 1090. The van der Waals surface area contributed by atoms with E-state index in [1.165, 1.54) is 24.3 Å². The lowest BCUT2D eigenvalue weighted by atomic mass is 10.3. The molecular formula is C19H15F2N5. The highest BCUT2D eigenvalue weighted by molar-refractivity contribution is 5.78. The monoisotopic (exact) mass is 351 g/mol. The standard InChI is InChI=1S/C19H15F2N5/c1-11-17-18(25-19(22-11)24-15-7-3-13(20)4-8-15)26(12(2)23-17)16-9-5-14(21)6-10-16/h3-10H,1-2H3,(H,22,24,25). The molecule has 0 fully saturated rings. The first-order valence-corrected chi connectivity index (χ1v) is 8.03. The molecule has 2 heterocycles. The van der Waals surface area contributed by atoms with Crippen LogP contribution in [0.1, 0.15) is 11.5 Å². The van der Waals surface area contributed by atoms with E-state index in [4.69, 9.17) is 0 Å². The number of rotatable bonds is 3. The first kappa shape index (κ1) is 16.1. The van der Waals surface area contributed by atoms with E-state index in [0.29, 0.717) is 28.5 Å². The third-order valence-corrected chi connectivity index (χ3v) is 4.03. The van der Waals surface area contributed by atoms with Gasteiger partial charge in [0.2, 0.25) is 5.95 Å². The van der Waals surface area contributed by atoms with Crippen LogP contribution in [-0.2, 0) is 0 Å². The van der Waals surface area contributed by atoms with Crippen molar-refractivity contribution in [2.75, 3.05) is 5.32 Å². The molecule has 26 heavy (non-hydrogen) atoms. The number of nitrogens with zero attached hydrogens (tertiary/aromatic N) is 4. The molecule has 2 aromatic carbocycles. The van der Waals surface area contributed by atoms with Crippen LogP contribution in [0.3, 0.4) is 0 Å². The van der Waals surface area contributed by atoms with E-state index in [9.17, 15) is 8.78 Å². The fraction of sp³-hybridized carbons (Fsp3) is 0.105. The van der Waals surface area contributed by atoms with Gasteiger partial charge in [-0.15, -0.1) is 0 Å². The van der Waals surface area contributed by atoms with Gasteiger partial charge in [0.25, 0.3) is 0 Å². The molecule has 0 amide bonds. The third kappa shape index (κ3) is 2.88. The molecule has 0 atom stereocenters. The van der Waals surface area contributed by atoms with Gasteiger partial charge in [-0.25, -0.2) is 18.7 Å².